The first-order valence-electron chi connectivity index (χ1n) is 5.92. The summed E-state index contributed by atoms with van der Waals surface area (Å²) in [5.41, 5.74) is 2.17. The first-order chi connectivity index (χ1) is 6.58. The molecule has 0 amide bonds. The third kappa shape index (κ3) is 5.26. The van der Waals surface area contributed by atoms with E-state index in [1.54, 1.807) is 5.57 Å². The van der Waals surface area contributed by atoms with Crippen molar-refractivity contribution in [1.82, 2.24) is 0 Å². The molecule has 1 rings (SSSR count). The Morgan fingerprint density at radius 1 is 1.21 bits per heavy atom. The second kappa shape index (κ2) is 5.38. The molecule has 0 saturated carbocycles. The molecule has 0 aromatic rings. The van der Waals surface area contributed by atoms with Crippen LogP contribution in [0, 0.1) is 5.41 Å². The fourth-order valence-electron chi connectivity index (χ4n) is 1.87. The number of hydrogen-bond donors (Lipinski definition) is 0. The van der Waals surface area contributed by atoms with E-state index in [9.17, 15) is 0 Å². The van der Waals surface area contributed by atoms with Crippen LogP contribution in [0.5, 0.6) is 0 Å². The van der Waals surface area contributed by atoms with Crippen molar-refractivity contribution in [1.29, 1.82) is 0 Å². The van der Waals surface area contributed by atoms with Crippen molar-refractivity contribution in [2.24, 2.45) is 5.41 Å². The Hall–Kier alpha value is -0.520. The third-order valence-electron chi connectivity index (χ3n) is 2.77. The predicted molar refractivity (Wildman–Crippen MR) is 64.4 cm³/mol. The molecule has 0 saturated heterocycles. The summed E-state index contributed by atoms with van der Waals surface area (Å²) < 4.78 is 0. The van der Waals surface area contributed by atoms with Gasteiger partial charge in [0, 0.05) is 0 Å². The second-order valence-electron chi connectivity index (χ2n) is 5.56. The molecule has 0 heteroatoms. The van der Waals surface area contributed by atoms with E-state index in [0.717, 1.165) is 0 Å². The molecule has 80 valence electrons. The highest BCUT2D eigenvalue weighted by Gasteiger charge is 2.09. The quantitative estimate of drug-likeness (QED) is 0.557. The van der Waals surface area contributed by atoms with Crippen molar-refractivity contribution in [2.45, 2.75) is 59.3 Å². The molecule has 0 aromatic carbocycles. The van der Waals surface area contributed by atoms with Crippen molar-refractivity contribution in [3.8, 4) is 0 Å². The summed E-state index contributed by atoms with van der Waals surface area (Å²) in [5.74, 6) is 0. The van der Waals surface area contributed by atoms with Gasteiger partial charge in [-0.3, -0.25) is 0 Å². The number of rotatable bonds is 4. The van der Waals surface area contributed by atoms with E-state index in [4.69, 9.17) is 0 Å². The molecule has 0 fully saturated rings. The minimum atomic E-state index is 0.515. The number of hydrogen-bond acceptors (Lipinski definition) is 0. The highest BCUT2D eigenvalue weighted by atomic mass is 14.1. The third-order valence-corrected chi connectivity index (χ3v) is 2.77. The van der Waals surface area contributed by atoms with Gasteiger partial charge in [-0.1, -0.05) is 51.0 Å². The maximum Gasteiger partial charge on any atom is -0.0282 e. The molecular weight excluding hydrogens is 168 g/mol. The van der Waals surface area contributed by atoms with E-state index >= 15 is 0 Å². The predicted octanol–water partition coefficient (Wildman–Crippen LogP) is 4.87. The van der Waals surface area contributed by atoms with E-state index < -0.39 is 0 Å². The van der Waals surface area contributed by atoms with Crippen LogP contribution in [0.2, 0.25) is 0 Å². The van der Waals surface area contributed by atoms with E-state index in [1.807, 2.05) is 0 Å². The molecule has 0 aliphatic heterocycles. The Labute approximate surface area is 89.1 Å². The average Bonchev–Trinajstić information content (AvgIpc) is 2.13. The molecule has 0 radical (unpaired) electrons. The van der Waals surface area contributed by atoms with Gasteiger partial charge in [0.05, 0.1) is 0 Å². The number of unbranched alkanes of at least 4 members (excludes halogenated alkanes) is 1. The molecule has 0 spiro atoms. The van der Waals surface area contributed by atoms with E-state index in [1.165, 1.54) is 38.5 Å². The molecule has 0 heterocycles. The smallest absolute Gasteiger partial charge is 0.0282 e. The summed E-state index contributed by atoms with van der Waals surface area (Å²) in [6.07, 6.45) is 14.8. The average molecular weight is 192 g/mol. The van der Waals surface area contributed by atoms with Crippen LogP contribution in [0.4, 0.5) is 0 Å². The van der Waals surface area contributed by atoms with Crippen LogP contribution in [0.15, 0.2) is 23.8 Å². The van der Waals surface area contributed by atoms with Crippen LogP contribution in [0.25, 0.3) is 0 Å². The lowest BCUT2D eigenvalue weighted by atomic mass is 9.88. The van der Waals surface area contributed by atoms with Gasteiger partial charge in [0.1, 0.15) is 0 Å². The standard InChI is InChI=1S/C14H24/c1-14(2,3)12-8-7-11-13-9-5-4-6-10-13/h4-5,9H,6-8,10-12H2,1-3H3. The van der Waals surface area contributed by atoms with E-state index in [-0.39, 0.29) is 0 Å². The van der Waals surface area contributed by atoms with Gasteiger partial charge >= 0.3 is 0 Å². The van der Waals surface area contributed by atoms with Gasteiger partial charge in [-0.15, -0.1) is 0 Å². The molecule has 1 aliphatic carbocycles. The summed E-state index contributed by atoms with van der Waals surface area (Å²) in [6, 6.07) is 0. The normalized spacial score (nSPS) is 16.9. The zero-order chi connectivity index (χ0) is 10.4. The molecule has 0 nitrogen and oxygen atoms in total. The van der Waals surface area contributed by atoms with Gasteiger partial charge in [0.15, 0.2) is 0 Å². The maximum absolute atomic E-state index is 2.33. The topological polar surface area (TPSA) is 0 Å². The Bertz CT molecular complexity index is 213. The Balaban J connectivity index is 2.09. The molecule has 1 aliphatic rings. The largest absolute Gasteiger partial charge is 0.0842 e. The minimum Gasteiger partial charge on any atom is -0.0842 e. The van der Waals surface area contributed by atoms with Crippen LogP contribution in [0.1, 0.15) is 59.3 Å². The Morgan fingerprint density at radius 3 is 2.57 bits per heavy atom. The van der Waals surface area contributed by atoms with Crippen molar-refractivity contribution in [3.63, 3.8) is 0 Å². The van der Waals surface area contributed by atoms with Crippen LogP contribution in [-0.4, -0.2) is 0 Å². The summed E-state index contributed by atoms with van der Waals surface area (Å²) >= 11 is 0. The minimum absolute atomic E-state index is 0.515. The molecule has 0 bridgehead atoms. The molecule has 0 N–H and O–H groups in total. The van der Waals surface area contributed by atoms with Crippen molar-refractivity contribution < 1.29 is 0 Å². The van der Waals surface area contributed by atoms with Gasteiger partial charge in [-0.05, 0) is 37.5 Å². The zero-order valence-electron chi connectivity index (χ0n) is 9.97. The van der Waals surface area contributed by atoms with Crippen LogP contribution < -0.4 is 0 Å². The van der Waals surface area contributed by atoms with E-state index in [2.05, 4.69) is 39.0 Å². The van der Waals surface area contributed by atoms with Gasteiger partial charge in [-0.2, -0.15) is 0 Å². The van der Waals surface area contributed by atoms with Gasteiger partial charge in [0.25, 0.3) is 0 Å². The highest BCUT2D eigenvalue weighted by Crippen LogP contribution is 2.24. The van der Waals surface area contributed by atoms with Crippen LogP contribution in [0.3, 0.4) is 0 Å². The lowest BCUT2D eigenvalue weighted by Crippen LogP contribution is -2.04. The zero-order valence-corrected chi connectivity index (χ0v) is 9.97. The van der Waals surface area contributed by atoms with Crippen molar-refractivity contribution in [2.75, 3.05) is 0 Å². The Kier molecular flexibility index (Phi) is 4.44. The summed E-state index contributed by atoms with van der Waals surface area (Å²) in [4.78, 5) is 0. The fourth-order valence-corrected chi connectivity index (χ4v) is 1.87. The Morgan fingerprint density at radius 2 is 2.00 bits per heavy atom. The van der Waals surface area contributed by atoms with Gasteiger partial charge in [0.2, 0.25) is 0 Å². The fraction of sp³-hybridized carbons (Fsp3) is 0.714. The van der Waals surface area contributed by atoms with Crippen molar-refractivity contribution in [3.05, 3.63) is 23.8 Å². The monoisotopic (exact) mass is 192 g/mol. The molecular formula is C14H24. The lowest BCUT2D eigenvalue weighted by molar-refractivity contribution is 0.360. The van der Waals surface area contributed by atoms with Gasteiger partial charge < -0.3 is 0 Å². The van der Waals surface area contributed by atoms with Crippen LogP contribution >= 0.6 is 0 Å². The SMILES string of the molecule is CC(C)(C)CCCCC1=CC=CCC1. The van der Waals surface area contributed by atoms with Crippen molar-refractivity contribution >= 4 is 0 Å². The second-order valence-corrected chi connectivity index (χ2v) is 5.56. The molecule has 0 unspecified atom stereocenters. The molecule has 0 atom stereocenters. The lowest BCUT2D eigenvalue weighted by Gasteiger charge is -2.18. The van der Waals surface area contributed by atoms with Gasteiger partial charge in [-0.25, -0.2) is 0 Å². The molecule has 0 aromatic heterocycles. The molecule has 14 heavy (non-hydrogen) atoms. The summed E-state index contributed by atoms with van der Waals surface area (Å²) in [7, 11) is 0. The first-order valence-corrected chi connectivity index (χ1v) is 5.92. The first kappa shape index (κ1) is 11.6. The van der Waals surface area contributed by atoms with E-state index in [0.29, 0.717) is 5.41 Å². The van der Waals surface area contributed by atoms with Crippen LogP contribution in [-0.2, 0) is 0 Å². The summed E-state index contributed by atoms with van der Waals surface area (Å²) in [6.45, 7) is 6.99. The maximum atomic E-state index is 2.33. The number of allylic oxidation sites excluding steroid dienone is 4. The summed E-state index contributed by atoms with van der Waals surface area (Å²) in [5, 5.41) is 0. The highest BCUT2D eigenvalue weighted by molar-refractivity contribution is 5.17.